The van der Waals surface area contributed by atoms with Crippen molar-refractivity contribution < 1.29 is 4.74 Å². The summed E-state index contributed by atoms with van der Waals surface area (Å²) < 4.78 is 5.56. The molecule has 16 heavy (non-hydrogen) atoms. The SMILES string of the molecule is CCc1cc(NC2CCOC2C)ccc1C. The molecule has 0 bridgehead atoms. The van der Waals surface area contributed by atoms with E-state index in [1.807, 2.05) is 0 Å². The molecule has 1 aromatic rings. The van der Waals surface area contributed by atoms with Crippen LogP contribution in [0.3, 0.4) is 0 Å². The Morgan fingerprint density at radius 2 is 2.25 bits per heavy atom. The molecule has 2 nitrogen and oxygen atoms in total. The maximum absolute atomic E-state index is 5.56. The minimum atomic E-state index is 0.325. The fraction of sp³-hybridized carbons (Fsp3) is 0.571. The molecule has 0 amide bonds. The Kier molecular flexibility index (Phi) is 3.49. The highest BCUT2D eigenvalue weighted by atomic mass is 16.5. The van der Waals surface area contributed by atoms with Gasteiger partial charge < -0.3 is 10.1 Å². The summed E-state index contributed by atoms with van der Waals surface area (Å²) in [4.78, 5) is 0. The summed E-state index contributed by atoms with van der Waals surface area (Å²) in [5.41, 5.74) is 4.03. The maximum Gasteiger partial charge on any atom is 0.0748 e. The van der Waals surface area contributed by atoms with Gasteiger partial charge in [-0.15, -0.1) is 0 Å². The fourth-order valence-corrected chi connectivity index (χ4v) is 2.28. The van der Waals surface area contributed by atoms with Crippen LogP contribution in [-0.4, -0.2) is 18.8 Å². The number of anilines is 1. The predicted molar refractivity (Wildman–Crippen MR) is 68.0 cm³/mol. The second-order valence-electron chi connectivity index (χ2n) is 4.61. The van der Waals surface area contributed by atoms with Crippen molar-refractivity contribution in [1.82, 2.24) is 0 Å². The van der Waals surface area contributed by atoms with Crippen molar-refractivity contribution in [2.45, 2.75) is 45.8 Å². The summed E-state index contributed by atoms with van der Waals surface area (Å²) in [6.07, 6.45) is 2.53. The topological polar surface area (TPSA) is 21.3 Å². The van der Waals surface area contributed by atoms with E-state index >= 15 is 0 Å². The quantitative estimate of drug-likeness (QED) is 0.843. The first-order valence-corrected chi connectivity index (χ1v) is 6.18. The lowest BCUT2D eigenvalue weighted by atomic mass is 10.0. The highest BCUT2D eigenvalue weighted by Crippen LogP contribution is 2.21. The van der Waals surface area contributed by atoms with Gasteiger partial charge in [0.2, 0.25) is 0 Å². The van der Waals surface area contributed by atoms with Crippen LogP contribution in [0.4, 0.5) is 5.69 Å². The smallest absolute Gasteiger partial charge is 0.0748 e. The zero-order valence-corrected chi connectivity index (χ0v) is 10.4. The summed E-state index contributed by atoms with van der Waals surface area (Å²) in [5, 5.41) is 3.57. The molecule has 1 fully saturated rings. The molecule has 2 heteroatoms. The van der Waals surface area contributed by atoms with Crippen molar-refractivity contribution in [1.29, 1.82) is 0 Å². The third-order valence-corrected chi connectivity index (χ3v) is 3.46. The summed E-state index contributed by atoms with van der Waals surface area (Å²) in [6.45, 7) is 7.39. The van der Waals surface area contributed by atoms with Gasteiger partial charge in [0.15, 0.2) is 0 Å². The Hall–Kier alpha value is -1.02. The lowest BCUT2D eigenvalue weighted by Gasteiger charge is -2.18. The Bertz CT molecular complexity index is 362. The minimum Gasteiger partial charge on any atom is -0.380 e. The van der Waals surface area contributed by atoms with E-state index in [1.165, 1.54) is 16.8 Å². The van der Waals surface area contributed by atoms with E-state index in [2.05, 4.69) is 44.3 Å². The van der Waals surface area contributed by atoms with Crippen LogP contribution in [0, 0.1) is 6.92 Å². The normalized spacial score (nSPS) is 24.7. The molecule has 1 aromatic carbocycles. The Morgan fingerprint density at radius 3 is 2.88 bits per heavy atom. The molecule has 1 N–H and O–H groups in total. The minimum absolute atomic E-state index is 0.325. The number of hydrogen-bond acceptors (Lipinski definition) is 2. The average Bonchev–Trinajstić information content (AvgIpc) is 2.67. The van der Waals surface area contributed by atoms with Crippen LogP contribution in [0.2, 0.25) is 0 Å². The number of hydrogen-bond donors (Lipinski definition) is 1. The molecule has 0 spiro atoms. The first-order chi connectivity index (χ1) is 7.70. The summed E-state index contributed by atoms with van der Waals surface area (Å²) in [7, 11) is 0. The molecule has 0 radical (unpaired) electrons. The Morgan fingerprint density at radius 1 is 1.44 bits per heavy atom. The van der Waals surface area contributed by atoms with Gasteiger partial charge in [-0.05, 0) is 49.9 Å². The monoisotopic (exact) mass is 219 g/mol. The first kappa shape index (κ1) is 11.5. The first-order valence-electron chi connectivity index (χ1n) is 6.18. The standard InChI is InChI=1S/C14H21NO/c1-4-12-9-13(6-5-10(12)2)15-14-7-8-16-11(14)3/h5-6,9,11,14-15H,4,7-8H2,1-3H3. The number of nitrogens with one attached hydrogen (secondary N) is 1. The van der Waals surface area contributed by atoms with Crippen LogP contribution < -0.4 is 5.32 Å². The summed E-state index contributed by atoms with van der Waals surface area (Å²) in [6, 6.07) is 7.09. The Labute approximate surface area is 98.0 Å². The predicted octanol–water partition coefficient (Wildman–Crippen LogP) is 3.15. The van der Waals surface area contributed by atoms with Crippen molar-refractivity contribution in [3.63, 3.8) is 0 Å². The molecule has 2 rings (SSSR count). The van der Waals surface area contributed by atoms with Gasteiger partial charge >= 0.3 is 0 Å². The zero-order chi connectivity index (χ0) is 11.5. The van der Waals surface area contributed by atoms with Gasteiger partial charge in [0.25, 0.3) is 0 Å². The maximum atomic E-state index is 5.56. The van der Waals surface area contributed by atoms with E-state index in [-0.39, 0.29) is 0 Å². The second-order valence-corrected chi connectivity index (χ2v) is 4.61. The highest BCUT2D eigenvalue weighted by molar-refractivity contribution is 5.49. The van der Waals surface area contributed by atoms with Crippen LogP contribution in [0.25, 0.3) is 0 Å². The number of rotatable bonds is 3. The third-order valence-electron chi connectivity index (χ3n) is 3.46. The van der Waals surface area contributed by atoms with Crippen molar-refractivity contribution in [3.05, 3.63) is 29.3 Å². The van der Waals surface area contributed by atoms with Gasteiger partial charge in [-0.2, -0.15) is 0 Å². The molecule has 1 aliphatic rings. The van der Waals surface area contributed by atoms with Crippen LogP contribution >= 0.6 is 0 Å². The lowest BCUT2D eigenvalue weighted by Crippen LogP contribution is -2.26. The van der Waals surface area contributed by atoms with E-state index in [0.717, 1.165) is 19.4 Å². The van der Waals surface area contributed by atoms with Gasteiger partial charge in [0.05, 0.1) is 12.1 Å². The van der Waals surface area contributed by atoms with E-state index in [1.54, 1.807) is 0 Å². The van der Waals surface area contributed by atoms with E-state index in [4.69, 9.17) is 4.74 Å². The fourth-order valence-electron chi connectivity index (χ4n) is 2.28. The molecule has 0 aliphatic carbocycles. The number of aryl methyl sites for hydroxylation is 2. The van der Waals surface area contributed by atoms with Crippen LogP contribution in [-0.2, 0) is 11.2 Å². The Balaban J connectivity index is 2.09. The highest BCUT2D eigenvalue weighted by Gasteiger charge is 2.23. The van der Waals surface area contributed by atoms with Gasteiger partial charge in [-0.25, -0.2) is 0 Å². The number of ether oxygens (including phenoxy) is 1. The van der Waals surface area contributed by atoms with E-state index in [0.29, 0.717) is 12.1 Å². The molecule has 1 saturated heterocycles. The molecule has 0 aromatic heterocycles. The van der Waals surface area contributed by atoms with Crippen LogP contribution in [0.5, 0.6) is 0 Å². The second kappa shape index (κ2) is 4.88. The van der Waals surface area contributed by atoms with Crippen molar-refractivity contribution in [2.75, 3.05) is 11.9 Å². The number of benzene rings is 1. The largest absolute Gasteiger partial charge is 0.380 e. The molecule has 2 atom stereocenters. The van der Waals surface area contributed by atoms with Crippen molar-refractivity contribution >= 4 is 5.69 Å². The average molecular weight is 219 g/mol. The molecular formula is C14H21NO. The van der Waals surface area contributed by atoms with E-state index < -0.39 is 0 Å². The zero-order valence-electron chi connectivity index (χ0n) is 10.4. The van der Waals surface area contributed by atoms with Gasteiger partial charge in [-0.3, -0.25) is 0 Å². The molecule has 0 saturated carbocycles. The van der Waals surface area contributed by atoms with Gasteiger partial charge in [0.1, 0.15) is 0 Å². The molecule has 1 aliphatic heterocycles. The lowest BCUT2D eigenvalue weighted by molar-refractivity contribution is 0.121. The van der Waals surface area contributed by atoms with Gasteiger partial charge in [-0.1, -0.05) is 13.0 Å². The van der Waals surface area contributed by atoms with Gasteiger partial charge in [0, 0.05) is 12.3 Å². The van der Waals surface area contributed by atoms with Crippen LogP contribution in [0.1, 0.15) is 31.4 Å². The molecule has 1 heterocycles. The summed E-state index contributed by atoms with van der Waals surface area (Å²) >= 11 is 0. The van der Waals surface area contributed by atoms with Crippen molar-refractivity contribution in [3.8, 4) is 0 Å². The van der Waals surface area contributed by atoms with Crippen molar-refractivity contribution in [2.24, 2.45) is 0 Å². The van der Waals surface area contributed by atoms with Crippen LogP contribution in [0.15, 0.2) is 18.2 Å². The summed E-state index contributed by atoms with van der Waals surface area (Å²) in [5.74, 6) is 0. The molecular weight excluding hydrogens is 198 g/mol. The molecule has 88 valence electrons. The molecule has 2 unspecified atom stereocenters. The van der Waals surface area contributed by atoms with E-state index in [9.17, 15) is 0 Å². The third kappa shape index (κ3) is 2.38.